The lowest BCUT2D eigenvalue weighted by atomic mass is 10.0. The van der Waals surface area contributed by atoms with Crippen LogP contribution in [0.5, 0.6) is 0 Å². The van der Waals surface area contributed by atoms with Crippen LogP contribution in [0, 0.1) is 5.92 Å². The van der Waals surface area contributed by atoms with Crippen molar-refractivity contribution in [3.05, 3.63) is 41.7 Å². The van der Waals surface area contributed by atoms with Gasteiger partial charge in [0.2, 0.25) is 0 Å². The fourth-order valence-corrected chi connectivity index (χ4v) is 1.97. The van der Waals surface area contributed by atoms with Crippen molar-refractivity contribution >= 4 is 17.1 Å². The van der Waals surface area contributed by atoms with Crippen LogP contribution in [0.2, 0.25) is 0 Å². The lowest BCUT2D eigenvalue weighted by Crippen LogP contribution is -2.26. The molecule has 2 aromatic rings. The number of aromatic nitrogens is 2. The van der Waals surface area contributed by atoms with Crippen molar-refractivity contribution in [1.82, 2.24) is 15.3 Å². The van der Waals surface area contributed by atoms with Gasteiger partial charge in [-0.1, -0.05) is 45.4 Å². The first-order valence-electron chi connectivity index (χ1n) is 7.22. The Morgan fingerprint density at radius 1 is 1.15 bits per heavy atom. The van der Waals surface area contributed by atoms with Gasteiger partial charge in [0.25, 0.3) is 0 Å². The highest BCUT2D eigenvalue weighted by Gasteiger charge is 2.06. The molecule has 0 aliphatic rings. The number of nitrogens with one attached hydrogen (secondary N) is 1. The van der Waals surface area contributed by atoms with Crippen LogP contribution in [0.1, 0.15) is 33.4 Å². The first-order valence-corrected chi connectivity index (χ1v) is 7.22. The Labute approximate surface area is 121 Å². The molecule has 0 amide bonds. The Morgan fingerprint density at radius 2 is 1.85 bits per heavy atom. The molecule has 1 heterocycles. The Morgan fingerprint density at radius 3 is 2.50 bits per heavy atom. The maximum absolute atomic E-state index is 4.66. The SMILES string of the molecule is CC(C)NCC(=Cc1cnc2ccccc2n1)C(C)C. The van der Waals surface area contributed by atoms with E-state index < -0.39 is 0 Å². The number of fused-ring (bicyclic) bond motifs is 1. The van der Waals surface area contributed by atoms with E-state index in [2.05, 4.69) is 49.1 Å². The Balaban J connectivity index is 2.27. The highest BCUT2D eigenvalue weighted by Crippen LogP contribution is 2.15. The second kappa shape index (κ2) is 6.62. The van der Waals surface area contributed by atoms with Crippen molar-refractivity contribution in [2.75, 3.05) is 6.54 Å². The first-order chi connectivity index (χ1) is 9.56. The molecule has 0 atom stereocenters. The molecule has 2 rings (SSSR count). The average Bonchev–Trinajstić information content (AvgIpc) is 2.42. The maximum atomic E-state index is 4.66. The summed E-state index contributed by atoms with van der Waals surface area (Å²) >= 11 is 0. The summed E-state index contributed by atoms with van der Waals surface area (Å²) in [6.45, 7) is 9.63. The van der Waals surface area contributed by atoms with Crippen LogP contribution in [0.15, 0.2) is 36.0 Å². The van der Waals surface area contributed by atoms with Crippen molar-refractivity contribution < 1.29 is 0 Å². The Hall–Kier alpha value is -1.74. The summed E-state index contributed by atoms with van der Waals surface area (Å²) in [5.41, 5.74) is 4.17. The highest BCUT2D eigenvalue weighted by atomic mass is 14.9. The molecule has 3 heteroatoms. The molecule has 20 heavy (non-hydrogen) atoms. The second-order valence-electron chi connectivity index (χ2n) is 5.69. The van der Waals surface area contributed by atoms with Gasteiger partial charge in [0, 0.05) is 12.6 Å². The number of benzene rings is 1. The molecular formula is C17H23N3. The van der Waals surface area contributed by atoms with Crippen molar-refractivity contribution in [2.24, 2.45) is 5.92 Å². The van der Waals surface area contributed by atoms with E-state index in [0.717, 1.165) is 23.3 Å². The van der Waals surface area contributed by atoms with Gasteiger partial charge in [0.1, 0.15) is 0 Å². The monoisotopic (exact) mass is 269 g/mol. The quantitative estimate of drug-likeness (QED) is 0.900. The normalized spacial score (nSPS) is 12.6. The molecule has 3 nitrogen and oxygen atoms in total. The van der Waals surface area contributed by atoms with E-state index in [1.807, 2.05) is 30.5 Å². The first kappa shape index (κ1) is 14.7. The van der Waals surface area contributed by atoms with Crippen LogP contribution in [0.25, 0.3) is 17.1 Å². The van der Waals surface area contributed by atoms with Crippen molar-refractivity contribution in [2.45, 2.75) is 33.7 Å². The molecule has 0 fully saturated rings. The van der Waals surface area contributed by atoms with Gasteiger partial charge >= 0.3 is 0 Å². The molecule has 0 spiro atoms. The summed E-state index contributed by atoms with van der Waals surface area (Å²) in [6, 6.07) is 8.45. The van der Waals surface area contributed by atoms with Crippen molar-refractivity contribution in [3.8, 4) is 0 Å². The fourth-order valence-electron chi connectivity index (χ4n) is 1.97. The molecule has 0 aliphatic heterocycles. The molecule has 1 aromatic carbocycles. The zero-order chi connectivity index (χ0) is 14.5. The molecule has 106 valence electrons. The summed E-state index contributed by atoms with van der Waals surface area (Å²) in [4.78, 5) is 9.12. The van der Waals surface area contributed by atoms with E-state index >= 15 is 0 Å². The van der Waals surface area contributed by atoms with Gasteiger partial charge in [0.15, 0.2) is 0 Å². The van der Waals surface area contributed by atoms with Crippen LogP contribution < -0.4 is 5.32 Å². The summed E-state index contributed by atoms with van der Waals surface area (Å²) in [6.07, 6.45) is 4.00. The minimum atomic E-state index is 0.486. The third-order valence-corrected chi connectivity index (χ3v) is 3.26. The van der Waals surface area contributed by atoms with E-state index in [-0.39, 0.29) is 0 Å². The smallest absolute Gasteiger partial charge is 0.0894 e. The number of hydrogen-bond acceptors (Lipinski definition) is 3. The molecular weight excluding hydrogens is 246 g/mol. The average molecular weight is 269 g/mol. The summed E-state index contributed by atoms with van der Waals surface area (Å²) in [5.74, 6) is 0.495. The third-order valence-electron chi connectivity index (χ3n) is 3.26. The molecule has 0 bridgehead atoms. The molecule has 0 saturated heterocycles. The number of rotatable bonds is 5. The maximum Gasteiger partial charge on any atom is 0.0894 e. The molecule has 0 unspecified atom stereocenters. The summed E-state index contributed by atoms with van der Waals surface area (Å²) in [5, 5.41) is 3.47. The van der Waals surface area contributed by atoms with Gasteiger partial charge in [0.05, 0.1) is 22.9 Å². The minimum absolute atomic E-state index is 0.486. The topological polar surface area (TPSA) is 37.8 Å². The minimum Gasteiger partial charge on any atom is -0.311 e. The van der Waals surface area contributed by atoms with E-state index in [9.17, 15) is 0 Å². The van der Waals surface area contributed by atoms with E-state index in [4.69, 9.17) is 0 Å². The lowest BCUT2D eigenvalue weighted by Gasteiger charge is -2.14. The molecule has 0 radical (unpaired) electrons. The molecule has 0 aliphatic carbocycles. The standard InChI is InChI=1S/C17H23N3/c1-12(2)14(10-18-13(3)4)9-15-11-19-16-7-5-6-8-17(16)20-15/h5-9,11-13,18H,10H2,1-4H3. The summed E-state index contributed by atoms with van der Waals surface area (Å²) < 4.78 is 0. The van der Waals surface area contributed by atoms with Gasteiger partial charge in [-0.3, -0.25) is 4.98 Å². The van der Waals surface area contributed by atoms with Crippen LogP contribution in [-0.4, -0.2) is 22.6 Å². The number of para-hydroxylation sites is 2. The lowest BCUT2D eigenvalue weighted by molar-refractivity contribution is 0.593. The number of nitrogens with zero attached hydrogens (tertiary/aromatic N) is 2. The van der Waals surface area contributed by atoms with Gasteiger partial charge < -0.3 is 5.32 Å². The largest absolute Gasteiger partial charge is 0.311 e. The Bertz CT molecular complexity index is 600. The predicted molar refractivity (Wildman–Crippen MR) is 85.5 cm³/mol. The second-order valence-corrected chi connectivity index (χ2v) is 5.69. The van der Waals surface area contributed by atoms with Gasteiger partial charge in [-0.05, 0) is 24.1 Å². The van der Waals surface area contributed by atoms with Crippen LogP contribution in [0.3, 0.4) is 0 Å². The van der Waals surface area contributed by atoms with Crippen LogP contribution in [-0.2, 0) is 0 Å². The molecule has 1 N–H and O–H groups in total. The van der Waals surface area contributed by atoms with Crippen molar-refractivity contribution in [3.63, 3.8) is 0 Å². The predicted octanol–water partition coefficient (Wildman–Crippen LogP) is 3.67. The Kier molecular flexibility index (Phi) is 4.85. The number of hydrogen-bond donors (Lipinski definition) is 1. The van der Waals surface area contributed by atoms with E-state index in [1.54, 1.807) is 0 Å². The molecule has 0 saturated carbocycles. The highest BCUT2D eigenvalue weighted by molar-refractivity contribution is 5.74. The molecule has 1 aromatic heterocycles. The van der Waals surface area contributed by atoms with Gasteiger partial charge in [-0.25, -0.2) is 4.98 Å². The van der Waals surface area contributed by atoms with Crippen LogP contribution in [0.4, 0.5) is 0 Å². The van der Waals surface area contributed by atoms with Crippen molar-refractivity contribution in [1.29, 1.82) is 0 Å². The fraction of sp³-hybridized carbons (Fsp3) is 0.412. The van der Waals surface area contributed by atoms with Crippen LogP contribution >= 0.6 is 0 Å². The van der Waals surface area contributed by atoms with E-state index in [1.165, 1.54) is 5.57 Å². The third kappa shape index (κ3) is 3.87. The zero-order valence-electron chi connectivity index (χ0n) is 12.7. The summed E-state index contributed by atoms with van der Waals surface area (Å²) in [7, 11) is 0. The van der Waals surface area contributed by atoms with E-state index in [0.29, 0.717) is 12.0 Å². The van der Waals surface area contributed by atoms with Gasteiger partial charge in [-0.15, -0.1) is 0 Å². The van der Waals surface area contributed by atoms with Gasteiger partial charge in [-0.2, -0.15) is 0 Å². The zero-order valence-corrected chi connectivity index (χ0v) is 12.7.